The van der Waals surface area contributed by atoms with Gasteiger partial charge in [0.1, 0.15) is 17.9 Å². The fourth-order valence-corrected chi connectivity index (χ4v) is 5.88. The van der Waals surface area contributed by atoms with Crippen LogP contribution >= 0.6 is 45.2 Å². The Morgan fingerprint density at radius 2 is 1.73 bits per heavy atom. The smallest absolute Gasteiger partial charge is 0.307 e. The first-order chi connectivity index (χ1) is 17.9. The topological polar surface area (TPSA) is 107 Å². The Labute approximate surface area is 238 Å². The minimum Gasteiger partial charge on any atom is -0.487 e. The number of nitrogens with one attached hydrogen (secondary N) is 1. The van der Waals surface area contributed by atoms with E-state index < -0.39 is 10.8 Å². The van der Waals surface area contributed by atoms with Gasteiger partial charge in [-0.15, -0.1) is 0 Å². The third kappa shape index (κ3) is 5.74. The second-order valence-electron chi connectivity index (χ2n) is 8.07. The number of nitro groups is 1. The van der Waals surface area contributed by atoms with Gasteiger partial charge in [-0.2, -0.15) is 5.10 Å². The largest absolute Gasteiger partial charge is 0.487 e. The number of amides is 1. The number of nitro benzene ring substituents is 1. The third-order valence-corrected chi connectivity index (χ3v) is 7.13. The summed E-state index contributed by atoms with van der Waals surface area (Å²) in [5.74, 6) is 0.232. The number of benzene rings is 4. The fraction of sp³-hybridized carbons (Fsp3) is 0.0370. The zero-order chi connectivity index (χ0) is 25.9. The number of halogens is 2. The van der Waals surface area contributed by atoms with E-state index in [1.54, 1.807) is 0 Å². The number of ether oxygens (including phenoxy) is 1. The molecular formula is C27H17I2N3O5. The van der Waals surface area contributed by atoms with E-state index in [2.05, 4.69) is 86.0 Å². The van der Waals surface area contributed by atoms with E-state index in [9.17, 15) is 14.9 Å². The Kier molecular flexibility index (Phi) is 7.37. The van der Waals surface area contributed by atoms with E-state index in [1.807, 2.05) is 24.3 Å². The van der Waals surface area contributed by atoms with Crippen molar-refractivity contribution in [3.63, 3.8) is 0 Å². The van der Waals surface area contributed by atoms with Crippen LogP contribution in [0.3, 0.4) is 0 Å². The maximum Gasteiger partial charge on any atom is 0.307 e. The summed E-state index contributed by atoms with van der Waals surface area (Å²) in [5.41, 5.74) is 4.60. The third-order valence-electron chi connectivity index (χ3n) is 5.53. The number of hydrogen-bond donors (Lipinski definition) is 1. The summed E-state index contributed by atoms with van der Waals surface area (Å²) in [4.78, 5) is 22.9. The predicted molar refractivity (Wildman–Crippen MR) is 158 cm³/mol. The van der Waals surface area contributed by atoms with Gasteiger partial charge in [0.25, 0.3) is 5.69 Å². The van der Waals surface area contributed by atoms with Crippen LogP contribution in [0.2, 0.25) is 0 Å². The molecule has 1 amide bonds. The van der Waals surface area contributed by atoms with Gasteiger partial charge in [-0.1, -0.05) is 36.4 Å². The molecule has 1 N–H and O–H groups in total. The van der Waals surface area contributed by atoms with Crippen molar-refractivity contribution in [1.82, 2.24) is 5.43 Å². The lowest BCUT2D eigenvalue weighted by Gasteiger charge is -2.12. The zero-order valence-electron chi connectivity index (χ0n) is 19.0. The number of rotatable bonds is 7. The molecule has 0 spiro atoms. The molecule has 184 valence electrons. The summed E-state index contributed by atoms with van der Waals surface area (Å²) in [7, 11) is 0. The molecule has 5 rings (SSSR count). The standard InChI is InChI=1S/C27H17I2N3O5/c28-22-10-17(11-23(29)26(22)36-15-16-5-6-18-3-1-2-4-19(18)9-16)14-30-31-27(33)25-13-20-12-21(32(34)35)7-8-24(20)37-25/h1-14H,15H2,(H,31,33)/b30-14+. The highest BCUT2D eigenvalue weighted by molar-refractivity contribution is 14.1. The molecule has 0 radical (unpaired) electrons. The van der Waals surface area contributed by atoms with Gasteiger partial charge in [0.05, 0.1) is 18.3 Å². The predicted octanol–water partition coefficient (Wildman–Crippen LogP) is 7.05. The Bertz CT molecular complexity index is 1670. The lowest BCUT2D eigenvalue weighted by Crippen LogP contribution is -2.16. The van der Waals surface area contributed by atoms with E-state index in [-0.39, 0.29) is 11.4 Å². The number of hydrazone groups is 1. The highest BCUT2D eigenvalue weighted by atomic mass is 127. The van der Waals surface area contributed by atoms with Gasteiger partial charge in [-0.05, 0) is 97.4 Å². The molecule has 37 heavy (non-hydrogen) atoms. The quantitative estimate of drug-likeness (QED) is 0.0842. The van der Waals surface area contributed by atoms with Crippen LogP contribution in [0.5, 0.6) is 5.75 Å². The molecule has 1 heterocycles. The van der Waals surface area contributed by atoms with E-state index in [0.29, 0.717) is 17.6 Å². The van der Waals surface area contributed by atoms with Gasteiger partial charge >= 0.3 is 5.91 Å². The molecule has 0 aliphatic rings. The zero-order valence-corrected chi connectivity index (χ0v) is 23.3. The van der Waals surface area contributed by atoms with Gasteiger partial charge in [-0.3, -0.25) is 14.9 Å². The lowest BCUT2D eigenvalue weighted by molar-refractivity contribution is -0.384. The summed E-state index contributed by atoms with van der Waals surface area (Å²) in [6.45, 7) is 0.445. The molecule has 0 fully saturated rings. The van der Waals surface area contributed by atoms with E-state index >= 15 is 0 Å². The number of non-ortho nitro benzene ring substituents is 1. The number of nitrogens with zero attached hydrogens (tertiary/aromatic N) is 2. The summed E-state index contributed by atoms with van der Waals surface area (Å²) in [5, 5.41) is 17.8. The monoisotopic (exact) mass is 717 g/mol. The molecule has 0 aliphatic heterocycles. The second kappa shape index (κ2) is 10.8. The molecular weight excluding hydrogens is 700 g/mol. The van der Waals surface area contributed by atoms with E-state index in [4.69, 9.17) is 9.15 Å². The molecule has 0 bridgehead atoms. The Hall–Kier alpha value is -3.52. The first-order valence-electron chi connectivity index (χ1n) is 11.0. The van der Waals surface area contributed by atoms with Crippen LogP contribution in [-0.4, -0.2) is 17.0 Å². The number of furan rings is 1. The molecule has 0 aliphatic carbocycles. The van der Waals surface area contributed by atoms with Crippen molar-refractivity contribution in [1.29, 1.82) is 0 Å². The number of hydrogen-bond acceptors (Lipinski definition) is 6. The normalized spacial score (nSPS) is 11.3. The maximum atomic E-state index is 12.4. The van der Waals surface area contributed by atoms with E-state index in [1.165, 1.54) is 41.3 Å². The molecule has 4 aromatic carbocycles. The molecule has 0 atom stereocenters. The van der Waals surface area contributed by atoms with E-state index in [0.717, 1.165) is 24.0 Å². The van der Waals surface area contributed by atoms with Crippen molar-refractivity contribution >= 4 is 84.7 Å². The van der Waals surface area contributed by atoms with Crippen LogP contribution in [0.4, 0.5) is 5.69 Å². The van der Waals surface area contributed by atoms with Crippen LogP contribution in [0.1, 0.15) is 21.7 Å². The van der Waals surface area contributed by atoms with Gasteiger partial charge in [-0.25, -0.2) is 5.43 Å². The van der Waals surface area contributed by atoms with Crippen molar-refractivity contribution in [3.8, 4) is 5.75 Å². The Morgan fingerprint density at radius 3 is 2.49 bits per heavy atom. The first-order valence-corrected chi connectivity index (χ1v) is 13.1. The molecule has 0 saturated heterocycles. The summed E-state index contributed by atoms with van der Waals surface area (Å²) < 4.78 is 13.4. The van der Waals surface area contributed by atoms with Crippen LogP contribution in [0.25, 0.3) is 21.7 Å². The molecule has 1 aromatic heterocycles. The van der Waals surface area contributed by atoms with Crippen LogP contribution in [-0.2, 0) is 6.61 Å². The highest BCUT2D eigenvalue weighted by Gasteiger charge is 2.15. The van der Waals surface area contributed by atoms with Gasteiger partial charge in [0.2, 0.25) is 0 Å². The van der Waals surface area contributed by atoms with Gasteiger partial charge < -0.3 is 9.15 Å². The van der Waals surface area contributed by atoms with Crippen molar-refractivity contribution in [2.24, 2.45) is 5.10 Å². The van der Waals surface area contributed by atoms with Crippen molar-refractivity contribution < 1.29 is 18.9 Å². The van der Waals surface area contributed by atoms with Crippen molar-refractivity contribution in [2.45, 2.75) is 6.61 Å². The number of carbonyl (C=O) groups excluding carboxylic acids is 1. The molecule has 0 saturated carbocycles. The van der Waals surface area contributed by atoms with Crippen LogP contribution in [0.15, 0.2) is 88.4 Å². The Balaban J connectivity index is 1.24. The van der Waals surface area contributed by atoms with Gasteiger partial charge in [0.15, 0.2) is 5.76 Å². The highest BCUT2D eigenvalue weighted by Crippen LogP contribution is 2.30. The van der Waals surface area contributed by atoms with Gasteiger partial charge in [0, 0.05) is 17.5 Å². The SMILES string of the molecule is O=C(N/N=C/c1cc(I)c(OCc2ccc3ccccc3c2)c(I)c1)c1cc2cc([N+](=O)[O-])ccc2o1. The second-order valence-corrected chi connectivity index (χ2v) is 10.4. The molecule has 8 nitrogen and oxygen atoms in total. The summed E-state index contributed by atoms with van der Waals surface area (Å²) >= 11 is 4.43. The fourth-order valence-electron chi connectivity index (χ4n) is 3.75. The molecule has 0 unspecified atom stereocenters. The van der Waals surface area contributed by atoms with Crippen LogP contribution < -0.4 is 10.2 Å². The lowest BCUT2D eigenvalue weighted by atomic mass is 10.1. The summed E-state index contributed by atoms with van der Waals surface area (Å²) in [6, 6.07) is 23.9. The average molecular weight is 717 g/mol. The first kappa shape index (κ1) is 25.1. The minimum atomic E-state index is -0.560. The number of carbonyl (C=O) groups is 1. The Morgan fingerprint density at radius 1 is 0.973 bits per heavy atom. The number of fused-ring (bicyclic) bond motifs is 2. The molecule has 10 heteroatoms. The maximum absolute atomic E-state index is 12.4. The van der Waals surface area contributed by atoms with Crippen molar-refractivity contribution in [2.75, 3.05) is 0 Å². The summed E-state index contributed by atoms with van der Waals surface area (Å²) in [6.07, 6.45) is 1.53. The van der Waals surface area contributed by atoms with Crippen LogP contribution in [0, 0.1) is 17.3 Å². The minimum absolute atomic E-state index is 0.00856. The molecule has 5 aromatic rings. The van der Waals surface area contributed by atoms with Crippen molar-refractivity contribution in [3.05, 3.63) is 113 Å². The average Bonchev–Trinajstić information content (AvgIpc) is 3.32.